The van der Waals surface area contributed by atoms with E-state index in [1.807, 2.05) is 0 Å². The van der Waals surface area contributed by atoms with Crippen molar-refractivity contribution in [1.29, 1.82) is 0 Å². The Bertz CT molecular complexity index is 1140. The molecule has 1 aliphatic heterocycles. The lowest BCUT2D eigenvalue weighted by atomic mass is 10.1. The number of aromatic nitrogens is 4. The second-order valence-electron chi connectivity index (χ2n) is 10.3. The van der Waals surface area contributed by atoms with Crippen molar-refractivity contribution in [2.24, 2.45) is 0 Å². The zero-order chi connectivity index (χ0) is 29.5. The van der Waals surface area contributed by atoms with Crippen LogP contribution in [0, 0.1) is 0 Å². The number of unbranched alkanes of at least 4 members (excludes halogenated alkanes) is 9. The fourth-order valence-electron chi connectivity index (χ4n) is 4.63. The minimum Gasteiger partial charge on any atom is -0.387 e. The van der Waals surface area contributed by atoms with Gasteiger partial charge in [-0.3, -0.25) is 13.6 Å². The first-order chi connectivity index (χ1) is 19.8. The minimum atomic E-state index is -4.35. The molecule has 0 saturated carbocycles. The highest BCUT2D eigenvalue weighted by Crippen LogP contribution is 2.44. The highest BCUT2D eigenvalue weighted by Gasteiger charge is 2.45. The van der Waals surface area contributed by atoms with E-state index in [1.54, 1.807) is 0 Å². The first-order valence-corrected chi connectivity index (χ1v) is 16.2. The molecule has 1 saturated heterocycles. The molecule has 0 aliphatic carbocycles. The number of allylic oxidation sites excluding steroid dienone is 4. The smallest absolute Gasteiger partial charge is 0.387 e. The van der Waals surface area contributed by atoms with E-state index in [9.17, 15) is 19.7 Å². The fraction of sp³-hybridized carbons (Fsp3) is 0.679. The zero-order valence-electron chi connectivity index (χ0n) is 24.0. The minimum absolute atomic E-state index is 0.0873. The summed E-state index contributed by atoms with van der Waals surface area (Å²) < 4.78 is 29.5. The quantitative estimate of drug-likeness (QED) is 0.0923. The van der Waals surface area contributed by atoms with Gasteiger partial charge in [0.25, 0.3) is 0 Å². The van der Waals surface area contributed by atoms with Crippen molar-refractivity contribution >= 4 is 24.8 Å². The van der Waals surface area contributed by atoms with Crippen molar-refractivity contribution < 1.29 is 33.5 Å². The molecule has 230 valence electrons. The number of phosphoric ester groups is 1. The van der Waals surface area contributed by atoms with Gasteiger partial charge in [0.05, 0.1) is 19.5 Å². The Kier molecular flexibility index (Phi) is 14.4. The molecule has 0 bridgehead atoms. The normalized spacial score (nSPS) is 22.8. The standard InChI is InChI=1S/C28H46N5O7P/c1-2-3-4-5-6-7-8-9-10-11-12-13-14-15-16-17-18-38-41(36,37)39-19-22-24(34)25(35)28(40-22)33-21-32-23-26(29)30-20-31-27(23)33/h6-7,9-10,20-22,24-25,28,34-35H,2-5,8,11-19H2,1H3,(H,36,37)(H2,29,30,31)/b7-6-,10-9-/t22-,24-,25+,28-/m1/s1. The van der Waals surface area contributed by atoms with Gasteiger partial charge < -0.3 is 25.6 Å². The second-order valence-corrected chi connectivity index (χ2v) is 11.8. The van der Waals surface area contributed by atoms with Gasteiger partial charge in [-0.25, -0.2) is 19.5 Å². The molecule has 12 nitrogen and oxygen atoms in total. The largest absolute Gasteiger partial charge is 0.472 e. The topological polar surface area (TPSA) is 175 Å². The summed E-state index contributed by atoms with van der Waals surface area (Å²) >= 11 is 0. The lowest BCUT2D eigenvalue weighted by Crippen LogP contribution is -2.33. The Morgan fingerprint density at radius 2 is 1.63 bits per heavy atom. The number of phosphoric acid groups is 1. The van der Waals surface area contributed by atoms with E-state index in [2.05, 4.69) is 46.2 Å². The van der Waals surface area contributed by atoms with Crippen molar-refractivity contribution in [3.8, 4) is 0 Å². The summed E-state index contributed by atoms with van der Waals surface area (Å²) in [6, 6.07) is 0. The lowest BCUT2D eigenvalue weighted by molar-refractivity contribution is -0.0514. The van der Waals surface area contributed by atoms with Gasteiger partial charge in [-0.2, -0.15) is 0 Å². The first kappa shape index (κ1) is 33.3. The van der Waals surface area contributed by atoms with E-state index in [0.29, 0.717) is 17.6 Å². The number of rotatable bonds is 20. The molecule has 0 spiro atoms. The van der Waals surface area contributed by atoms with Crippen LogP contribution < -0.4 is 5.73 Å². The maximum Gasteiger partial charge on any atom is 0.472 e. The maximum atomic E-state index is 12.3. The Morgan fingerprint density at radius 3 is 2.37 bits per heavy atom. The van der Waals surface area contributed by atoms with Crippen LogP contribution in [0.5, 0.6) is 0 Å². The van der Waals surface area contributed by atoms with Gasteiger partial charge in [0.15, 0.2) is 17.7 Å². The van der Waals surface area contributed by atoms with Gasteiger partial charge in [-0.1, -0.05) is 69.8 Å². The molecule has 1 aliphatic rings. The molecular weight excluding hydrogens is 549 g/mol. The summed E-state index contributed by atoms with van der Waals surface area (Å²) in [6.45, 7) is 1.86. The number of aliphatic hydroxyl groups is 2. The van der Waals surface area contributed by atoms with Crippen LogP contribution in [0.3, 0.4) is 0 Å². The highest BCUT2D eigenvalue weighted by molar-refractivity contribution is 7.47. The average Bonchev–Trinajstić information content (AvgIpc) is 3.50. The number of anilines is 1. The number of hydrogen-bond donors (Lipinski definition) is 4. The maximum absolute atomic E-state index is 12.3. The van der Waals surface area contributed by atoms with E-state index >= 15 is 0 Å². The summed E-state index contributed by atoms with van der Waals surface area (Å²) in [5.74, 6) is 0.167. The van der Waals surface area contributed by atoms with Crippen LogP contribution in [-0.2, 0) is 18.3 Å². The van der Waals surface area contributed by atoms with E-state index in [4.69, 9.17) is 19.5 Å². The van der Waals surface area contributed by atoms with Gasteiger partial charge in [-0.05, 0) is 38.5 Å². The highest BCUT2D eigenvalue weighted by atomic mass is 31.2. The van der Waals surface area contributed by atoms with Crippen molar-refractivity contribution in [1.82, 2.24) is 19.5 Å². The summed E-state index contributed by atoms with van der Waals surface area (Å²) in [4.78, 5) is 22.1. The zero-order valence-corrected chi connectivity index (χ0v) is 24.9. The monoisotopic (exact) mass is 595 g/mol. The number of nitrogen functional groups attached to an aromatic ring is 1. The number of nitrogens with two attached hydrogens (primary N) is 1. The lowest BCUT2D eigenvalue weighted by Gasteiger charge is -2.17. The molecule has 2 aromatic heterocycles. The van der Waals surface area contributed by atoms with E-state index in [0.717, 1.165) is 44.9 Å². The Labute approximate surface area is 242 Å². The predicted molar refractivity (Wildman–Crippen MR) is 157 cm³/mol. The predicted octanol–water partition coefficient (Wildman–Crippen LogP) is 4.97. The van der Waals surface area contributed by atoms with Gasteiger partial charge >= 0.3 is 7.82 Å². The number of hydrogen-bond acceptors (Lipinski definition) is 10. The van der Waals surface area contributed by atoms with Crippen LogP contribution in [0.2, 0.25) is 0 Å². The van der Waals surface area contributed by atoms with Crippen molar-refractivity contribution in [3.05, 3.63) is 37.0 Å². The molecule has 1 unspecified atom stereocenters. The molecule has 41 heavy (non-hydrogen) atoms. The number of imidazole rings is 1. The van der Waals surface area contributed by atoms with Crippen LogP contribution in [0.15, 0.2) is 37.0 Å². The summed E-state index contributed by atoms with van der Waals surface area (Å²) in [7, 11) is -4.35. The van der Waals surface area contributed by atoms with Gasteiger partial charge in [0.2, 0.25) is 0 Å². The van der Waals surface area contributed by atoms with E-state index in [-0.39, 0.29) is 12.4 Å². The van der Waals surface area contributed by atoms with Gasteiger partial charge in [-0.15, -0.1) is 0 Å². The van der Waals surface area contributed by atoms with Crippen LogP contribution in [-0.4, -0.2) is 66.2 Å². The summed E-state index contributed by atoms with van der Waals surface area (Å²) in [5.41, 5.74) is 6.45. The number of fused-ring (bicyclic) bond motifs is 1. The molecule has 0 radical (unpaired) electrons. The number of nitrogens with zero attached hydrogens (tertiary/aromatic N) is 4. The Balaban J connectivity index is 1.24. The van der Waals surface area contributed by atoms with Crippen LogP contribution >= 0.6 is 7.82 Å². The molecule has 1 fully saturated rings. The molecule has 3 heterocycles. The first-order valence-electron chi connectivity index (χ1n) is 14.7. The Hall–Kier alpha value is -2.18. The molecule has 5 atom stereocenters. The molecule has 3 rings (SSSR count). The van der Waals surface area contributed by atoms with Crippen molar-refractivity contribution in [2.75, 3.05) is 18.9 Å². The summed E-state index contributed by atoms with van der Waals surface area (Å²) in [5, 5.41) is 20.9. The summed E-state index contributed by atoms with van der Waals surface area (Å²) in [6.07, 6.45) is 19.9. The molecule has 2 aromatic rings. The Morgan fingerprint density at radius 1 is 0.951 bits per heavy atom. The number of aliphatic hydroxyl groups excluding tert-OH is 2. The van der Waals surface area contributed by atoms with E-state index < -0.39 is 39.0 Å². The van der Waals surface area contributed by atoms with Gasteiger partial charge in [0, 0.05) is 0 Å². The molecule has 0 amide bonds. The van der Waals surface area contributed by atoms with Crippen molar-refractivity contribution in [3.63, 3.8) is 0 Å². The number of ether oxygens (including phenoxy) is 1. The van der Waals surface area contributed by atoms with Crippen molar-refractivity contribution in [2.45, 2.75) is 109 Å². The second kappa shape index (κ2) is 17.7. The third-order valence-electron chi connectivity index (χ3n) is 7.00. The molecule has 13 heteroatoms. The molecule has 0 aromatic carbocycles. The molecular formula is C28H46N5O7P. The van der Waals surface area contributed by atoms with Crippen LogP contribution in [0.25, 0.3) is 11.2 Å². The van der Waals surface area contributed by atoms with Gasteiger partial charge in [0.1, 0.15) is 30.2 Å². The average molecular weight is 596 g/mol. The fourth-order valence-corrected chi connectivity index (χ4v) is 5.40. The third-order valence-corrected chi connectivity index (χ3v) is 7.98. The molecule has 5 N–H and O–H groups in total. The third kappa shape index (κ3) is 10.9. The van der Waals surface area contributed by atoms with Crippen LogP contribution in [0.4, 0.5) is 5.82 Å². The van der Waals surface area contributed by atoms with Crippen LogP contribution in [0.1, 0.15) is 90.2 Å². The SMILES string of the molecule is CCCCC/C=C\C/C=C\CCCCCCCCOP(=O)(O)OC[C@H]1O[C@@H](n2cnc3c(N)ncnc32)[C@@H](O)[C@@H]1O. The van der Waals surface area contributed by atoms with E-state index in [1.165, 1.54) is 42.9 Å².